The number of nitrogen functional groups attached to an aromatic ring is 1. The van der Waals surface area contributed by atoms with Crippen molar-refractivity contribution in [1.29, 1.82) is 0 Å². The Bertz CT molecular complexity index is 489. The Balaban J connectivity index is 2.61. The zero-order valence-corrected chi connectivity index (χ0v) is 11.9. The summed E-state index contributed by atoms with van der Waals surface area (Å²) < 4.78 is 4.62. The maximum absolute atomic E-state index is 11.5. The standard InChI is InChI=1S/C13H20N4O3/c1-8(2)17-10(18)5-7-16-12-11(14)9(4-6-15-12)13(19)20-3/h4,6,8H,5,7,14H2,1-3H3,(H,15,16)(H,17,18). The molecule has 110 valence electrons. The lowest BCUT2D eigenvalue weighted by Gasteiger charge is -2.11. The van der Waals surface area contributed by atoms with E-state index in [0.29, 0.717) is 18.8 Å². The third kappa shape index (κ3) is 4.42. The van der Waals surface area contributed by atoms with Crippen molar-refractivity contribution in [2.75, 3.05) is 24.7 Å². The van der Waals surface area contributed by atoms with E-state index in [9.17, 15) is 9.59 Å². The van der Waals surface area contributed by atoms with Crippen molar-refractivity contribution in [3.63, 3.8) is 0 Å². The number of hydrogen-bond acceptors (Lipinski definition) is 6. The lowest BCUT2D eigenvalue weighted by atomic mass is 10.2. The number of rotatable bonds is 6. The van der Waals surface area contributed by atoms with Gasteiger partial charge < -0.3 is 21.1 Å². The van der Waals surface area contributed by atoms with Crippen molar-refractivity contribution in [2.24, 2.45) is 0 Å². The topological polar surface area (TPSA) is 106 Å². The van der Waals surface area contributed by atoms with E-state index in [1.807, 2.05) is 13.8 Å². The molecule has 0 aliphatic rings. The SMILES string of the molecule is COC(=O)c1ccnc(NCCC(=O)NC(C)C)c1N. The predicted octanol–water partition coefficient (Wildman–Crippen LogP) is 0.777. The minimum Gasteiger partial charge on any atom is -0.465 e. The second-order valence-corrected chi connectivity index (χ2v) is 4.51. The Kier molecular flexibility index (Phi) is 5.76. The lowest BCUT2D eigenvalue weighted by Crippen LogP contribution is -2.31. The number of methoxy groups -OCH3 is 1. The molecule has 0 radical (unpaired) electrons. The second-order valence-electron chi connectivity index (χ2n) is 4.51. The highest BCUT2D eigenvalue weighted by atomic mass is 16.5. The number of aromatic nitrogens is 1. The summed E-state index contributed by atoms with van der Waals surface area (Å²) in [5.74, 6) is -0.217. The van der Waals surface area contributed by atoms with Gasteiger partial charge in [-0.1, -0.05) is 0 Å². The molecule has 0 saturated carbocycles. The molecule has 0 aliphatic heterocycles. The second kappa shape index (κ2) is 7.32. The van der Waals surface area contributed by atoms with Crippen LogP contribution in [0.15, 0.2) is 12.3 Å². The van der Waals surface area contributed by atoms with Crippen molar-refractivity contribution in [3.8, 4) is 0 Å². The van der Waals surface area contributed by atoms with Gasteiger partial charge in [0.2, 0.25) is 5.91 Å². The van der Waals surface area contributed by atoms with Crippen molar-refractivity contribution in [1.82, 2.24) is 10.3 Å². The number of esters is 1. The molecule has 0 fully saturated rings. The van der Waals surface area contributed by atoms with Gasteiger partial charge in [0.1, 0.15) is 5.82 Å². The summed E-state index contributed by atoms with van der Waals surface area (Å²) in [6, 6.07) is 1.59. The quantitative estimate of drug-likeness (QED) is 0.665. The fourth-order valence-corrected chi connectivity index (χ4v) is 1.59. The summed E-state index contributed by atoms with van der Waals surface area (Å²) in [5, 5.41) is 5.71. The van der Waals surface area contributed by atoms with Gasteiger partial charge in [-0.25, -0.2) is 9.78 Å². The van der Waals surface area contributed by atoms with E-state index in [1.165, 1.54) is 19.4 Å². The van der Waals surface area contributed by atoms with Crippen LogP contribution in [0.3, 0.4) is 0 Å². The molecule has 1 rings (SSSR count). The smallest absolute Gasteiger partial charge is 0.340 e. The minimum absolute atomic E-state index is 0.0600. The molecule has 0 aliphatic carbocycles. The lowest BCUT2D eigenvalue weighted by molar-refractivity contribution is -0.121. The van der Waals surface area contributed by atoms with Gasteiger partial charge in [-0.05, 0) is 19.9 Å². The minimum atomic E-state index is -0.523. The fraction of sp³-hybridized carbons (Fsp3) is 0.462. The number of nitrogens with one attached hydrogen (secondary N) is 2. The molecule has 1 aromatic rings. The van der Waals surface area contributed by atoms with Crippen LogP contribution in [0.5, 0.6) is 0 Å². The highest BCUT2D eigenvalue weighted by molar-refractivity contribution is 5.97. The monoisotopic (exact) mass is 280 g/mol. The fourth-order valence-electron chi connectivity index (χ4n) is 1.59. The van der Waals surface area contributed by atoms with Gasteiger partial charge in [-0.15, -0.1) is 0 Å². The van der Waals surface area contributed by atoms with Crippen LogP contribution in [0.4, 0.5) is 11.5 Å². The summed E-state index contributed by atoms with van der Waals surface area (Å²) in [6.07, 6.45) is 1.75. The normalized spacial score (nSPS) is 10.2. The zero-order valence-electron chi connectivity index (χ0n) is 11.9. The van der Waals surface area contributed by atoms with E-state index in [0.717, 1.165) is 0 Å². The van der Waals surface area contributed by atoms with E-state index in [2.05, 4.69) is 20.4 Å². The van der Waals surface area contributed by atoms with Crippen molar-refractivity contribution < 1.29 is 14.3 Å². The van der Waals surface area contributed by atoms with Gasteiger partial charge >= 0.3 is 5.97 Å². The van der Waals surface area contributed by atoms with E-state index in [4.69, 9.17) is 5.73 Å². The highest BCUT2D eigenvalue weighted by Crippen LogP contribution is 2.20. The molecule has 0 bridgehead atoms. The summed E-state index contributed by atoms with van der Waals surface area (Å²) in [6.45, 7) is 4.16. The molecule has 0 spiro atoms. The summed E-state index contributed by atoms with van der Waals surface area (Å²) >= 11 is 0. The molecule has 0 unspecified atom stereocenters. The predicted molar refractivity (Wildman–Crippen MR) is 76.4 cm³/mol. The first-order valence-corrected chi connectivity index (χ1v) is 6.31. The summed E-state index contributed by atoms with van der Waals surface area (Å²) in [4.78, 5) is 27.0. The molecule has 0 saturated heterocycles. The number of carbonyl (C=O) groups excluding carboxylic acids is 2. The molecular weight excluding hydrogens is 260 g/mol. The number of carbonyl (C=O) groups is 2. The number of ether oxygens (including phenoxy) is 1. The molecule has 1 amide bonds. The Morgan fingerprint density at radius 1 is 1.45 bits per heavy atom. The molecule has 0 aromatic carbocycles. The van der Waals surface area contributed by atoms with Gasteiger partial charge in [0, 0.05) is 25.2 Å². The third-order valence-electron chi connectivity index (χ3n) is 2.49. The molecule has 7 heteroatoms. The van der Waals surface area contributed by atoms with Crippen molar-refractivity contribution in [3.05, 3.63) is 17.8 Å². The van der Waals surface area contributed by atoms with Crippen molar-refractivity contribution in [2.45, 2.75) is 26.3 Å². The first kappa shape index (κ1) is 15.7. The average molecular weight is 280 g/mol. The van der Waals surface area contributed by atoms with Crippen molar-refractivity contribution >= 4 is 23.4 Å². The van der Waals surface area contributed by atoms with Crippen LogP contribution in [-0.4, -0.2) is 36.6 Å². The number of anilines is 2. The van der Waals surface area contributed by atoms with Crippen LogP contribution >= 0.6 is 0 Å². The van der Waals surface area contributed by atoms with Crippen LogP contribution in [0, 0.1) is 0 Å². The number of amides is 1. The van der Waals surface area contributed by atoms with Gasteiger partial charge in [-0.3, -0.25) is 4.79 Å². The van der Waals surface area contributed by atoms with Crippen LogP contribution in [-0.2, 0) is 9.53 Å². The van der Waals surface area contributed by atoms with Crippen LogP contribution in [0.25, 0.3) is 0 Å². The van der Waals surface area contributed by atoms with E-state index < -0.39 is 5.97 Å². The maximum Gasteiger partial charge on any atom is 0.340 e. The maximum atomic E-state index is 11.5. The van der Waals surface area contributed by atoms with E-state index in [-0.39, 0.29) is 23.2 Å². The van der Waals surface area contributed by atoms with Gasteiger partial charge in [0.25, 0.3) is 0 Å². The van der Waals surface area contributed by atoms with Gasteiger partial charge in [0.15, 0.2) is 0 Å². The third-order valence-corrected chi connectivity index (χ3v) is 2.49. The van der Waals surface area contributed by atoms with Gasteiger partial charge in [-0.2, -0.15) is 0 Å². The van der Waals surface area contributed by atoms with Crippen LogP contribution in [0.1, 0.15) is 30.6 Å². The molecule has 1 aromatic heterocycles. The Labute approximate surface area is 117 Å². The van der Waals surface area contributed by atoms with E-state index >= 15 is 0 Å². The number of pyridine rings is 1. The average Bonchev–Trinajstić information content (AvgIpc) is 2.39. The molecular formula is C13H20N4O3. The Hall–Kier alpha value is -2.31. The first-order valence-electron chi connectivity index (χ1n) is 6.31. The van der Waals surface area contributed by atoms with Crippen LogP contribution < -0.4 is 16.4 Å². The number of hydrogen-bond donors (Lipinski definition) is 3. The molecule has 1 heterocycles. The summed E-state index contributed by atoms with van der Waals surface area (Å²) in [7, 11) is 1.28. The molecule has 4 N–H and O–H groups in total. The zero-order chi connectivity index (χ0) is 15.1. The molecule has 20 heavy (non-hydrogen) atoms. The largest absolute Gasteiger partial charge is 0.465 e. The number of nitrogens with two attached hydrogens (primary N) is 1. The first-order chi connectivity index (χ1) is 9.45. The van der Waals surface area contributed by atoms with E-state index in [1.54, 1.807) is 0 Å². The summed E-state index contributed by atoms with van der Waals surface area (Å²) in [5.41, 5.74) is 6.29. The Morgan fingerprint density at radius 3 is 2.75 bits per heavy atom. The van der Waals surface area contributed by atoms with Crippen LogP contribution in [0.2, 0.25) is 0 Å². The highest BCUT2D eigenvalue weighted by Gasteiger charge is 2.13. The van der Waals surface area contributed by atoms with Gasteiger partial charge in [0.05, 0.1) is 18.4 Å². The molecule has 0 atom stereocenters. The number of nitrogens with zero attached hydrogens (tertiary/aromatic N) is 1. The molecule has 7 nitrogen and oxygen atoms in total. The Morgan fingerprint density at radius 2 is 2.15 bits per heavy atom.